The third kappa shape index (κ3) is 4.30. The van der Waals surface area contributed by atoms with Crippen LogP contribution in [0.1, 0.15) is 16.1 Å². The summed E-state index contributed by atoms with van der Waals surface area (Å²) in [5, 5.41) is 10.6. The van der Waals surface area contributed by atoms with Gasteiger partial charge in [0.15, 0.2) is 11.5 Å². The van der Waals surface area contributed by atoms with E-state index in [4.69, 9.17) is 9.47 Å². The highest BCUT2D eigenvalue weighted by Crippen LogP contribution is 2.31. The molecule has 0 saturated carbocycles. The van der Waals surface area contributed by atoms with E-state index in [0.29, 0.717) is 22.8 Å². The van der Waals surface area contributed by atoms with Gasteiger partial charge in [-0.25, -0.2) is 9.82 Å². The number of hydrogen-bond donors (Lipinski definition) is 2. The Hall–Kier alpha value is -3.68. The lowest BCUT2D eigenvalue weighted by atomic mass is 10.1. The predicted octanol–water partition coefficient (Wildman–Crippen LogP) is 3.00. The molecule has 0 aliphatic carbocycles. The van der Waals surface area contributed by atoms with Gasteiger partial charge < -0.3 is 9.47 Å². The van der Waals surface area contributed by atoms with E-state index in [1.165, 1.54) is 18.3 Å². The molecule has 2 aromatic carbocycles. The molecule has 27 heavy (non-hydrogen) atoms. The summed E-state index contributed by atoms with van der Waals surface area (Å²) >= 11 is 0. The number of nitrogens with zero attached hydrogens (tertiary/aromatic N) is 2. The Morgan fingerprint density at radius 3 is 2.70 bits per heavy atom. The molecule has 3 rings (SSSR count). The van der Waals surface area contributed by atoms with Gasteiger partial charge in [0, 0.05) is 5.56 Å². The number of nitrogens with one attached hydrogen (secondary N) is 2. The first-order valence-electron chi connectivity index (χ1n) is 7.97. The number of methoxy groups -OCH3 is 2. The molecule has 0 atom stereocenters. The normalized spacial score (nSPS) is 10.8. The van der Waals surface area contributed by atoms with Gasteiger partial charge in [-0.2, -0.15) is 10.2 Å². The fraction of sp³-hybridized carbons (Fsp3) is 0.105. The maximum absolute atomic E-state index is 13.1. The number of H-pyrrole nitrogens is 1. The van der Waals surface area contributed by atoms with Crippen molar-refractivity contribution in [1.29, 1.82) is 0 Å². The Kier molecular flexibility index (Phi) is 5.46. The average Bonchev–Trinajstić information content (AvgIpc) is 3.17. The molecule has 0 aliphatic heterocycles. The van der Waals surface area contributed by atoms with Crippen molar-refractivity contribution in [2.75, 3.05) is 14.2 Å². The predicted molar refractivity (Wildman–Crippen MR) is 98.6 cm³/mol. The Bertz CT molecular complexity index is 985. The topological polar surface area (TPSA) is 88.6 Å². The molecule has 2 N–H and O–H groups in total. The zero-order valence-electron chi connectivity index (χ0n) is 14.7. The van der Waals surface area contributed by atoms with Crippen molar-refractivity contribution in [2.45, 2.75) is 0 Å². The summed E-state index contributed by atoms with van der Waals surface area (Å²) in [4.78, 5) is 12.2. The van der Waals surface area contributed by atoms with Crippen molar-refractivity contribution in [2.24, 2.45) is 5.10 Å². The van der Waals surface area contributed by atoms with E-state index in [0.717, 1.165) is 5.56 Å². The number of aromatic amines is 1. The van der Waals surface area contributed by atoms with Crippen molar-refractivity contribution >= 4 is 12.1 Å². The molecule has 0 radical (unpaired) electrons. The van der Waals surface area contributed by atoms with Gasteiger partial charge in [0.25, 0.3) is 5.91 Å². The van der Waals surface area contributed by atoms with Gasteiger partial charge in [0.1, 0.15) is 11.5 Å². The maximum atomic E-state index is 13.1. The van der Waals surface area contributed by atoms with Crippen molar-refractivity contribution in [3.63, 3.8) is 0 Å². The molecule has 1 aromatic heterocycles. The van der Waals surface area contributed by atoms with Gasteiger partial charge in [-0.1, -0.05) is 12.1 Å². The number of carbonyl (C=O) groups is 1. The van der Waals surface area contributed by atoms with Crippen LogP contribution in [-0.2, 0) is 0 Å². The molecule has 1 heterocycles. The minimum atomic E-state index is -0.470. The van der Waals surface area contributed by atoms with Gasteiger partial charge in [-0.15, -0.1) is 0 Å². The molecular weight excluding hydrogens is 351 g/mol. The number of benzene rings is 2. The van der Waals surface area contributed by atoms with Gasteiger partial charge in [0.2, 0.25) is 0 Å². The Morgan fingerprint density at radius 2 is 1.96 bits per heavy atom. The van der Waals surface area contributed by atoms with Gasteiger partial charge in [0.05, 0.1) is 26.1 Å². The number of halogens is 1. The van der Waals surface area contributed by atoms with Gasteiger partial charge in [-0.3, -0.25) is 9.89 Å². The lowest BCUT2D eigenvalue weighted by Gasteiger charge is -2.08. The van der Waals surface area contributed by atoms with Crippen molar-refractivity contribution < 1.29 is 18.7 Å². The van der Waals surface area contributed by atoms with E-state index in [2.05, 4.69) is 20.7 Å². The smallest absolute Gasteiger partial charge is 0.289 e. The van der Waals surface area contributed by atoms with Crippen LogP contribution in [0.3, 0.4) is 0 Å². The number of aromatic nitrogens is 2. The van der Waals surface area contributed by atoms with E-state index in [9.17, 15) is 9.18 Å². The zero-order chi connectivity index (χ0) is 19.2. The SMILES string of the molecule is COc1ccc(-c2cc(C(=O)N/N=C/c3cccc(F)c3)[nH]n2)cc1OC. The lowest BCUT2D eigenvalue weighted by molar-refractivity contribution is 0.0950. The van der Waals surface area contributed by atoms with E-state index >= 15 is 0 Å². The molecule has 0 spiro atoms. The zero-order valence-corrected chi connectivity index (χ0v) is 14.7. The molecule has 0 bridgehead atoms. The van der Waals surface area contributed by atoms with Crippen molar-refractivity contribution in [3.8, 4) is 22.8 Å². The fourth-order valence-electron chi connectivity index (χ4n) is 2.39. The summed E-state index contributed by atoms with van der Waals surface area (Å²) in [5.74, 6) is 0.311. The first-order chi connectivity index (χ1) is 13.1. The van der Waals surface area contributed by atoms with E-state index in [1.54, 1.807) is 50.6 Å². The highest BCUT2D eigenvalue weighted by Gasteiger charge is 2.12. The van der Waals surface area contributed by atoms with E-state index in [1.807, 2.05) is 0 Å². The maximum Gasteiger partial charge on any atom is 0.289 e. The number of amides is 1. The minimum Gasteiger partial charge on any atom is -0.493 e. The molecule has 7 nitrogen and oxygen atoms in total. The van der Waals surface area contributed by atoms with Crippen LogP contribution in [0.15, 0.2) is 53.6 Å². The highest BCUT2D eigenvalue weighted by molar-refractivity contribution is 5.94. The van der Waals surface area contributed by atoms with Gasteiger partial charge >= 0.3 is 0 Å². The standard InChI is InChI=1S/C19H17FN4O3/c1-26-17-7-6-13(9-18(17)27-2)15-10-16(23-22-15)19(25)24-21-11-12-4-3-5-14(20)8-12/h3-11H,1-2H3,(H,22,23)(H,24,25)/b21-11+. The second kappa shape index (κ2) is 8.13. The molecule has 0 aliphatic rings. The number of ether oxygens (including phenoxy) is 2. The number of hydrazone groups is 1. The Labute approximate surface area is 154 Å². The minimum absolute atomic E-state index is 0.233. The van der Waals surface area contributed by atoms with E-state index in [-0.39, 0.29) is 11.5 Å². The van der Waals surface area contributed by atoms with E-state index < -0.39 is 5.91 Å². The molecule has 8 heteroatoms. The average molecular weight is 368 g/mol. The summed E-state index contributed by atoms with van der Waals surface area (Å²) in [6.45, 7) is 0. The van der Waals surface area contributed by atoms with Crippen LogP contribution < -0.4 is 14.9 Å². The van der Waals surface area contributed by atoms with Crippen molar-refractivity contribution in [3.05, 3.63) is 65.6 Å². The van der Waals surface area contributed by atoms with Crippen LogP contribution >= 0.6 is 0 Å². The summed E-state index contributed by atoms with van der Waals surface area (Å²) in [6.07, 6.45) is 1.35. The first kappa shape index (κ1) is 18.1. The Balaban J connectivity index is 1.70. The molecule has 1 amide bonds. The molecule has 0 fully saturated rings. The van der Waals surface area contributed by atoms with Crippen LogP contribution in [0.5, 0.6) is 11.5 Å². The molecule has 3 aromatic rings. The lowest BCUT2D eigenvalue weighted by Crippen LogP contribution is -2.18. The summed E-state index contributed by atoms with van der Waals surface area (Å²) in [7, 11) is 3.10. The first-order valence-corrected chi connectivity index (χ1v) is 7.97. The molecule has 0 saturated heterocycles. The highest BCUT2D eigenvalue weighted by atomic mass is 19.1. The van der Waals surface area contributed by atoms with Crippen LogP contribution in [-0.4, -0.2) is 36.5 Å². The molecule has 0 unspecified atom stereocenters. The van der Waals surface area contributed by atoms with Crippen molar-refractivity contribution in [1.82, 2.24) is 15.6 Å². The summed E-state index contributed by atoms with van der Waals surface area (Å²) in [5.41, 5.74) is 4.45. The third-order valence-electron chi connectivity index (χ3n) is 3.73. The summed E-state index contributed by atoms with van der Waals surface area (Å²) < 4.78 is 23.6. The number of rotatable bonds is 6. The fourth-order valence-corrected chi connectivity index (χ4v) is 2.39. The van der Waals surface area contributed by atoms with Gasteiger partial charge in [-0.05, 0) is 42.0 Å². The molecular formula is C19H17FN4O3. The number of carbonyl (C=O) groups excluding carboxylic acids is 1. The van der Waals surface area contributed by atoms with Crippen LogP contribution in [0, 0.1) is 5.82 Å². The largest absolute Gasteiger partial charge is 0.493 e. The molecule has 138 valence electrons. The Morgan fingerprint density at radius 1 is 1.15 bits per heavy atom. The third-order valence-corrected chi connectivity index (χ3v) is 3.73. The van der Waals surface area contributed by atoms with Crippen LogP contribution in [0.2, 0.25) is 0 Å². The second-order valence-corrected chi connectivity index (χ2v) is 5.49. The summed E-state index contributed by atoms with van der Waals surface area (Å²) in [6, 6.07) is 12.8. The van der Waals surface area contributed by atoms with Crippen LogP contribution in [0.25, 0.3) is 11.3 Å². The number of hydrogen-bond acceptors (Lipinski definition) is 5. The quantitative estimate of drug-likeness (QED) is 0.517. The second-order valence-electron chi connectivity index (χ2n) is 5.49. The monoisotopic (exact) mass is 368 g/mol. The van der Waals surface area contributed by atoms with Crippen LogP contribution in [0.4, 0.5) is 4.39 Å².